The maximum Gasteiger partial charge on any atom is 0.313 e. The summed E-state index contributed by atoms with van der Waals surface area (Å²) >= 11 is 0. The lowest BCUT2D eigenvalue weighted by Crippen LogP contribution is -2.69. The molecule has 5 rings (SSSR count). The lowest BCUT2D eigenvalue weighted by atomic mass is 9.33. The lowest BCUT2D eigenvalue weighted by Gasteiger charge is -2.72. The lowest BCUT2D eigenvalue weighted by molar-refractivity contribution is -0.237. The molecule has 0 aromatic rings. The zero-order valence-electron chi connectivity index (χ0n) is 24.4. The molecular formula is C32H50O5. The van der Waals surface area contributed by atoms with Crippen molar-refractivity contribution in [1.29, 1.82) is 0 Å². The molecule has 5 heteroatoms. The Hall–Kier alpha value is -1.36. The molecule has 0 unspecified atom stereocenters. The Bertz CT molecular complexity index is 1020. The molecule has 0 spiro atoms. The molecule has 5 aliphatic carbocycles. The summed E-state index contributed by atoms with van der Waals surface area (Å²) in [5.74, 6) is 0.292. The van der Waals surface area contributed by atoms with Crippen molar-refractivity contribution in [2.45, 2.75) is 119 Å². The standard InChI is InChI=1S/C32H50O5/c1-18-9-12-28(4)15-16-30(6)21(25(28)19(18)2)17-22(34)26-29(5)13-11-24(37-20(3)33)32(8,27(35)36)23(29)10-14-31(26,30)7/h17-19,22-26,34H,9-16H2,1-8H3,(H,35,36)/t18-,19+,22-,23-,24-,25+,26-,28-,29+,30-,31-,32-/m0/s1. The summed E-state index contributed by atoms with van der Waals surface area (Å²) in [6.07, 6.45) is 8.93. The molecule has 2 N–H and O–H groups in total. The van der Waals surface area contributed by atoms with E-state index in [4.69, 9.17) is 4.74 Å². The number of carboxylic acid groups (broad SMARTS) is 1. The second-order valence-corrected chi connectivity index (χ2v) is 15.2. The molecule has 0 bridgehead atoms. The molecule has 0 saturated heterocycles. The summed E-state index contributed by atoms with van der Waals surface area (Å²) in [5, 5.41) is 22.6. The van der Waals surface area contributed by atoms with Crippen LogP contribution in [0.4, 0.5) is 0 Å². The zero-order valence-corrected chi connectivity index (χ0v) is 24.4. The molecule has 4 saturated carbocycles. The number of ether oxygens (including phenoxy) is 1. The van der Waals surface area contributed by atoms with Gasteiger partial charge in [-0.15, -0.1) is 0 Å². The van der Waals surface area contributed by atoms with Gasteiger partial charge in [0.2, 0.25) is 0 Å². The molecule has 0 aromatic carbocycles. The second-order valence-electron chi connectivity index (χ2n) is 15.2. The largest absolute Gasteiger partial charge is 0.481 e. The van der Waals surface area contributed by atoms with E-state index in [-0.39, 0.29) is 28.1 Å². The zero-order chi connectivity index (χ0) is 27.3. The fourth-order valence-electron chi connectivity index (χ4n) is 11.3. The van der Waals surface area contributed by atoms with E-state index in [0.29, 0.717) is 29.6 Å². The Balaban J connectivity index is 1.61. The molecule has 0 aromatic heterocycles. The van der Waals surface area contributed by atoms with Gasteiger partial charge < -0.3 is 14.9 Å². The van der Waals surface area contributed by atoms with Gasteiger partial charge in [0.1, 0.15) is 11.5 Å². The highest BCUT2D eigenvalue weighted by Crippen LogP contribution is 2.75. The Morgan fingerprint density at radius 2 is 1.62 bits per heavy atom. The van der Waals surface area contributed by atoms with Crippen LogP contribution in [0.1, 0.15) is 107 Å². The Kier molecular flexibility index (Phi) is 6.12. The van der Waals surface area contributed by atoms with Crippen molar-refractivity contribution in [2.75, 3.05) is 0 Å². The van der Waals surface area contributed by atoms with Crippen molar-refractivity contribution in [1.82, 2.24) is 0 Å². The number of aliphatic carboxylic acids is 1. The van der Waals surface area contributed by atoms with E-state index < -0.39 is 29.6 Å². The smallest absolute Gasteiger partial charge is 0.313 e. The van der Waals surface area contributed by atoms with Gasteiger partial charge in [-0.1, -0.05) is 53.2 Å². The molecule has 0 heterocycles. The molecule has 4 fully saturated rings. The van der Waals surface area contributed by atoms with Crippen LogP contribution in [0.5, 0.6) is 0 Å². The van der Waals surface area contributed by atoms with Crippen LogP contribution in [0, 0.1) is 56.7 Å². The number of hydrogen-bond acceptors (Lipinski definition) is 4. The monoisotopic (exact) mass is 514 g/mol. The Morgan fingerprint density at radius 3 is 2.24 bits per heavy atom. The summed E-state index contributed by atoms with van der Waals surface area (Å²) < 4.78 is 5.65. The maximum atomic E-state index is 12.9. The van der Waals surface area contributed by atoms with Crippen LogP contribution in [0.25, 0.3) is 0 Å². The number of carbonyl (C=O) groups is 2. The van der Waals surface area contributed by atoms with Gasteiger partial charge >= 0.3 is 11.9 Å². The van der Waals surface area contributed by atoms with Crippen LogP contribution in [-0.2, 0) is 14.3 Å². The van der Waals surface area contributed by atoms with Crippen molar-refractivity contribution >= 4 is 11.9 Å². The number of aliphatic hydroxyl groups is 1. The summed E-state index contributed by atoms with van der Waals surface area (Å²) in [5.41, 5.74) is 0.161. The van der Waals surface area contributed by atoms with Crippen LogP contribution in [-0.4, -0.2) is 34.4 Å². The topological polar surface area (TPSA) is 83.8 Å². The van der Waals surface area contributed by atoms with Crippen LogP contribution in [0.3, 0.4) is 0 Å². The molecule has 0 radical (unpaired) electrons. The van der Waals surface area contributed by atoms with Crippen molar-refractivity contribution in [3.63, 3.8) is 0 Å². The number of fused-ring (bicyclic) bond motifs is 7. The molecule has 5 nitrogen and oxygen atoms in total. The van der Waals surface area contributed by atoms with Gasteiger partial charge in [-0.2, -0.15) is 0 Å². The fourth-order valence-corrected chi connectivity index (χ4v) is 11.3. The van der Waals surface area contributed by atoms with Crippen LogP contribution in [0.2, 0.25) is 0 Å². The molecule has 0 aliphatic heterocycles. The highest BCUT2D eigenvalue weighted by Gasteiger charge is 2.72. The van der Waals surface area contributed by atoms with E-state index in [1.807, 2.05) is 0 Å². The van der Waals surface area contributed by atoms with Gasteiger partial charge in [-0.25, -0.2) is 0 Å². The van der Waals surface area contributed by atoms with Crippen LogP contribution in [0.15, 0.2) is 11.6 Å². The minimum Gasteiger partial charge on any atom is -0.481 e. The van der Waals surface area contributed by atoms with Gasteiger partial charge in [0.25, 0.3) is 0 Å². The first-order valence-electron chi connectivity index (χ1n) is 14.9. The van der Waals surface area contributed by atoms with E-state index >= 15 is 0 Å². The molecule has 5 aliphatic rings. The summed E-state index contributed by atoms with van der Waals surface area (Å²) in [6, 6.07) is 0. The number of esters is 1. The third-order valence-electron chi connectivity index (χ3n) is 13.7. The van der Waals surface area contributed by atoms with Crippen LogP contribution >= 0.6 is 0 Å². The minimum absolute atomic E-state index is 0.00721. The minimum atomic E-state index is -1.16. The van der Waals surface area contributed by atoms with Gasteiger partial charge in [-0.05, 0) is 104 Å². The van der Waals surface area contributed by atoms with E-state index in [9.17, 15) is 19.8 Å². The van der Waals surface area contributed by atoms with Gasteiger partial charge in [0, 0.05) is 12.8 Å². The molecule has 208 valence electrons. The van der Waals surface area contributed by atoms with Crippen molar-refractivity contribution in [2.24, 2.45) is 56.7 Å². The van der Waals surface area contributed by atoms with E-state index in [0.717, 1.165) is 25.7 Å². The number of aliphatic hydroxyl groups excluding tert-OH is 1. The third kappa shape index (κ3) is 3.37. The quantitative estimate of drug-likeness (QED) is 0.319. The van der Waals surface area contributed by atoms with Gasteiger partial charge in [0.15, 0.2) is 0 Å². The van der Waals surface area contributed by atoms with Crippen molar-refractivity contribution < 1.29 is 24.5 Å². The Labute approximate surface area is 223 Å². The number of carbonyl (C=O) groups excluding carboxylic acids is 1. The first kappa shape index (κ1) is 27.2. The van der Waals surface area contributed by atoms with Gasteiger partial charge in [-0.3, -0.25) is 9.59 Å². The van der Waals surface area contributed by atoms with Crippen LogP contribution < -0.4 is 0 Å². The summed E-state index contributed by atoms with van der Waals surface area (Å²) in [6.45, 7) is 17.6. The summed E-state index contributed by atoms with van der Waals surface area (Å²) in [7, 11) is 0. The second kappa shape index (κ2) is 8.32. The van der Waals surface area contributed by atoms with E-state index in [2.05, 4.69) is 47.6 Å². The van der Waals surface area contributed by atoms with Crippen molar-refractivity contribution in [3.05, 3.63) is 11.6 Å². The molecule has 37 heavy (non-hydrogen) atoms. The van der Waals surface area contributed by atoms with Crippen molar-refractivity contribution in [3.8, 4) is 0 Å². The van der Waals surface area contributed by atoms with E-state index in [1.54, 1.807) is 6.92 Å². The third-order valence-corrected chi connectivity index (χ3v) is 13.7. The Morgan fingerprint density at radius 1 is 0.946 bits per heavy atom. The molecule has 0 amide bonds. The first-order valence-corrected chi connectivity index (χ1v) is 14.9. The average molecular weight is 515 g/mol. The number of hydrogen-bond donors (Lipinski definition) is 2. The van der Waals surface area contributed by atoms with Gasteiger partial charge in [0.05, 0.1) is 6.10 Å². The fraction of sp³-hybridized carbons (Fsp3) is 0.875. The first-order chi connectivity index (χ1) is 17.1. The summed E-state index contributed by atoms with van der Waals surface area (Å²) in [4.78, 5) is 24.8. The highest BCUT2D eigenvalue weighted by molar-refractivity contribution is 5.77. The normalized spacial score (nSPS) is 55.1. The molecular weight excluding hydrogens is 464 g/mol. The predicted octanol–water partition coefficient (Wildman–Crippen LogP) is 6.63. The molecule has 12 atom stereocenters. The predicted molar refractivity (Wildman–Crippen MR) is 144 cm³/mol. The average Bonchev–Trinajstić information content (AvgIpc) is 2.79. The number of rotatable bonds is 2. The maximum absolute atomic E-state index is 12.9. The number of carboxylic acids is 1. The highest BCUT2D eigenvalue weighted by atomic mass is 16.5. The van der Waals surface area contributed by atoms with E-state index in [1.165, 1.54) is 31.8 Å². The SMILES string of the molecule is CC(=O)O[C@H]1CC[C@]2(C)[C@H](CC[C@@]3(C)[C@H]2[C@@H](O)C=C2[C@H]4[C@H](C)[C@@H](C)CC[C@@]4(C)CC[C@@]23C)[C@]1(C)C(=O)O. The number of allylic oxidation sites excluding steroid dienone is 1.